The largest absolute Gasteiger partial charge is 0.352 e. The first-order valence-electron chi connectivity index (χ1n) is 11.1. The van der Waals surface area contributed by atoms with E-state index < -0.39 is 28.5 Å². The fourth-order valence-corrected chi connectivity index (χ4v) is 5.36. The van der Waals surface area contributed by atoms with E-state index >= 15 is 0 Å². The van der Waals surface area contributed by atoms with Crippen LogP contribution in [-0.2, 0) is 26.2 Å². The highest BCUT2D eigenvalue weighted by Gasteiger charge is 2.31. The van der Waals surface area contributed by atoms with Gasteiger partial charge in [-0.25, -0.2) is 8.42 Å². The second-order valence-corrected chi connectivity index (χ2v) is 11.8. The van der Waals surface area contributed by atoms with Gasteiger partial charge in [0, 0.05) is 22.1 Å². The molecule has 1 unspecified atom stereocenters. The number of rotatable bonds is 9. The molecule has 0 aromatic heterocycles. The molecule has 7 nitrogen and oxygen atoms in total. The number of amides is 2. The normalized spacial score (nSPS) is 15.1. The van der Waals surface area contributed by atoms with E-state index in [2.05, 4.69) is 21.2 Å². The molecule has 0 saturated heterocycles. The van der Waals surface area contributed by atoms with Crippen molar-refractivity contribution >= 4 is 55.1 Å². The zero-order valence-corrected chi connectivity index (χ0v) is 22.4. The lowest BCUT2D eigenvalue weighted by Gasteiger charge is -2.32. The monoisotopic (exact) mass is 569 g/mol. The van der Waals surface area contributed by atoms with Crippen LogP contribution in [0.2, 0.25) is 5.02 Å². The number of nitrogens with one attached hydrogen (secondary N) is 1. The zero-order valence-electron chi connectivity index (χ0n) is 19.2. The van der Waals surface area contributed by atoms with Crippen molar-refractivity contribution < 1.29 is 18.0 Å². The van der Waals surface area contributed by atoms with Crippen molar-refractivity contribution in [3.05, 3.63) is 63.6 Å². The first-order chi connectivity index (χ1) is 16.0. The second-order valence-electron chi connectivity index (χ2n) is 8.56. The molecular weight excluding hydrogens is 542 g/mol. The standard InChI is InChI=1S/C24H29BrClN3O4S/c1-17(24(31)27-21-7-3-4-8-21)28(15-18-10-12-20(26)13-11-18)23(30)16-29(34(2,32)33)22-9-5-6-19(25)14-22/h5-6,9-14,17,21H,3-4,7-8,15-16H2,1-2H3,(H,27,31). The highest BCUT2D eigenvalue weighted by Crippen LogP contribution is 2.23. The Labute approximate surface area is 214 Å². The van der Waals surface area contributed by atoms with Crippen LogP contribution < -0.4 is 9.62 Å². The molecule has 0 heterocycles. The molecule has 0 aliphatic heterocycles. The average molecular weight is 571 g/mol. The maximum atomic E-state index is 13.5. The van der Waals surface area contributed by atoms with Gasteiger partial charge in [-0.15, -0.1) is 0 Å². The first kappa shape index (κ1) is 26.5. The molecule has 34 heavy (non-hydrogen) atoms. The molecule has 3 rings (SSSR count). The van der Waals surface area contributed by atoms with Gasteiger partial charge in [-0.2, -0.15) is 0 Å². The fraction of sp³-hybridized carbons (Fsp3) is 0.417. The van der Waals surface area contributed by atoms with Crippen LogP contribution in [-0.4, -0.2) is 50.0 Å². The van der Waals surface area contributed by atoms with Gasteiger partial charge in [0.1, 0.15) is 12.6 Å². The van der Waals surface area contributed by atoms with E-state index in [4.69, 9.17) is 11.6 Å². The number of halogens is 2. The van der Waals surface area contributed by atoms with Crippen LogP contribution in [0.1, 0.15) is 38.2 Å². The van der Waals surface area contributed by atoms with Crippen LogP contribution in [0.4, 0.5) is 5.69 Å². The van der Waals surface area contributed by atoms with E-state index in [1.165, 1.54) is 4.90 Å². The van der Waals surface area contributed by atoms with Crippen molar-refractivity contribution in [2.45, 2.75) is 51.2 Å². The number of carbonyl (C=O) groups is 2. The summed E-state index contributed by atoms with van der Waals surface area (Å²) in [6, 6.07) is 13.1. The summed E-state index contributed by atoms with van der Waals surface area (Å²) in [5, 5.41) is 3.60. The SMILES string of the molecule is CC(C(=O)NC1CCCC1)N(Cc1ccc(Cl)cc1)C(=O)CN(c1cccc(Br)c1)S(C)(=O)=O. The van der Waals surface area contributed by atoms with Crippen LogP contribution in [0.15, 0.2) is 53.0 Å². The molecule has 2 amide bonds. The molecule has 1 aliphatic rings. The summed E-state index contributed by atoms with van der Waals surface area (Å²) in [7, 11) is -3.76. The summed E-state index contributed by atoms with van der Waals surface area (Å²) >= 11 is 9.34. The summed E-state index contributed by atoms with van der Waals surface area (Å²) < 4.78 is 26.9. The lowest BCUT2D eigenvalue weighted by Crippen LogP contribution is -2.52. The predicted octanol–water partition coefficient (Wildman–Crippen LogP) is 4.34. The van der Waals surface area contributed by atoms with Crippen molar-refractivity contribution in [3.8, 4) is 0 Å². The average Bonchev–Trinajstić information content (AvgIpc) is 3.28. The highest BCUT2D eigenvalue weighted by atomic mass is 79.9. The molecule has 10 heteroatoms. The number of hydrogen-bond acceptors (Lipinski definition) is 4. The van der Waals surface area contributed by atoms with E-state index in [1.807, 2.05) is 0 Å². The number of carbonyl (C=O) groups excluding carboxylic acids is 2. The number of benzene rings is 2. The van der Waals surface area contributed by atoms with Crippen molar-refractivity contribution in [3.63, 3.8) is 0 Å². The van der Waals surface area contributed by atoms with Gasteiger partial charge in [0.2, 0.25) is 21.8 Å². The van der Waals surface area contributed by atoms with E-state index in [0.717, 1.165) is 41.8 Å². The zero-order chi connectivity index (χ0) is 24.9. The van der Waals surface area contributed by atoms with Gasteiger partial charge < -0.3 is 10.2 Å². The molecule has 1 atom stereocenters. The molecule has 1 N–H and O–H groups in total. The molecule has 1 saturated carbocycles. The maximum absolute atomic E-state index is 13.5. The van der Waals surface area contributed by atoms with Crippen LogP contribution in [0, 0.1) is 0 Å². The van der Waals surface area contributed by atoms with Gasteiger partial charge in [-0.3, -0.25) is 13.9 Å². The maximum Gasteiger partial charge on any atom is 0.244 e. The quantitative estimate of drug-likeness (QED) is 0.486. The van der Waals surface area contributed by atoms with E-state index in [0.29, 0.717) is 15.2 Å². The Bertz CT molecular complexity index is 1120. The van der Waals surface area contributed by atoms with E-state index in [9.17, 15) is 18.0 Å². The summed E-state index contributed by atoms with van der Waals surface area (Å²) in [4.78, 5) is 28.0. The van der Waals surface area contributed by atoms with Crippen LogP contribution >= 0.6 is 27.5 Å². The molecular formula is C24H29BrClN3O4S. The van der Waals surface area contributed by atoms with Crippen molar-refractivity contribution in [1.82, 2.24) is 10.2 Å². The van der Waals surface area contributed by atoms with Gasteiger partial charge in [0.25, 0.3) is 0 Å². The molecule has 0 bridgehead atoms. The number of hydrogen-bond donors (Lipinski definition) is 1. The molecule has 1 aliphatic carbocycles. The molecule has 0 spiro atoms. The summed E-state index contributed by atoms with van der Waals surface area (Å²) in [6.45, 7) is 1.39. The highest BCUT2D eigenvalue weighted by molar-refractivity contribution is 9.10. The topological polar surface area (TPSA) is 86.8 Å². The minimum atomic E-state index is -3.76. The third-order valence-corrected chi connectivity index (χ3v) is 7.80. The summed E-state index contributed by atoms with van der Waals surface area (Å²) in [6.07, 6.45) is 5.05. The van der Waals surface area contributed by atoms with Gasteiger partial charge in [0.05, 0.1) is 11.9 Å². The van der Waals surface area contributed by atoms with Crippen LogP contribution in [0.5, 0.6) is 0 Å². The Morgan fingerprint density at radius 1 is 1.15 bits per heavy atom. The number of sulfonamides is 1. The van der Waals surface area contributed by atoms with Crippen LogP contribution in [0.25, 0.3) is 0 Å². The minimum Gasteiger partial charge on any atom is -0.352 e. The number of nitrogens with zero attached hydrogens (tertiary/aromatic N) is 2. The molecule has 2 aromatic rings. The Balaban J connectivity index is 1.87. The molecule has 184 valence electrons. The first-order valence-corrected chi connectivity index (χ1v) is 14.1. The Hall–Kier alpha value is -2.10. The van der Waals surface area contributed by atoms with E-state index in [-0.39, 0.29) is 18.5 Å². The minimum absolute atomic E-state index is 0.108. The molecule has 2 aromatic carbocycles. The van der Waals surface area contributed by atoms with Crippen molar-refractivity contribution in [2.75, 3.05) is 17.1 Å². The number of anilines is 1. The lowest BCUT2D eigenvalue weighted by molar-refractivity contribution is -0.139. The molecule has 1 fully saturated rings. The Morgan fingerprint density at radius 2 is 1.79 bits per heavy atom. The van der Waals surface area contributed by atoms with Gasteiger partial charge in [-0.05, 0) is 55.7 Å². The Morgan fingerprint density at radius 3 is 2.38 bits per heavy atom. The van der Waals surface area contributed by atoms with Crippen molar-refractivity contribution in [2.24, 2.45) is 0 Å². The smallest absolute Gasteiger partial charge is 0.244 e. The fourth-order valence-electron chi connectivity index (χ4n) is 4.01. The van der Waals surface area contributed by atoms with Gasteiger partial charge in [-0.1, -0.05) is 58.6 Å². The third-order valence-electron chi connectivity index (χ3n) is 5.91. The molecule has 0 radical (unpaired) electrons. The van der Waals surface area contributed by atoms with E-state index in [1.54, 1.807) is 55.5 Å². The second kappa shape index (κ2) is 11.6. The summed E-state index contributed by atoms with van der Waals surface area (Å²) in [5.41, 5.74) is 1.14. The third kappa shape index (κ3) is 7.20. The van der Waals surface area contributed by atoms with Gasteiger partial charge >= 0.3 is 0 Å². The lowest BCUT2D eigenvalue weighted by atomic mass is 10.1. The van der Waals surface area contributed by atoms with Gasteiger partial charge in [0.15, 0.2) is 0 Å². The summed E-state index contributed by atoms with van der Waals surface area (Å²) in [5.74, 6) is -0.725. The van der Waals surface area contributed by atoms with Crippen LogP contribution in [0.3, 0.4) is 0 Å². The predicted molar refractivity (Wildman–Crippen MR) is 138 cm³/mol. The van der Waals surface area contributed by atoms with Crippen molar-refractivity contribution in [1.29, 1.82) is 0 Å². The Kier molecular flexibility index (Phi) is 9.01.